The van der Waals surface area contributed by atoms with Crippen molar-refractivity contribution in [2.75, 3.05) is 25.6 Å². The van der Waals surface area contributed by atoms with Gasteiger partial charge in [-0.2, -0.15) is 0 Å². The lowest BCUT2D eigenvalue weighted by Gasteiger charge is -2.25. The predicted molar refractivity (Wildman–Crippen MR) is 130 cm³/mol. The summed E-state index contributed by atoms with van der Waals surface area (Å²) < 4.78 is 5.55. The van der Waals surface area contributed by atoms with E-state index in [-0.39, 0.29) is 17.9 Å². The Bertz CT molecular complexity index is 1220. The lowest BCUT2D eigenvalue weighted by Crippen LogP contribution is -2.29. The Morgan fingerprint density at radius 2 is 1.82 bits per heavy atom. The predicted octanol–water partition coefficient (Wildman–Crippen LogP) is 4.17. The molecule has 1 aromatic heterocycles. The monoisotopic (exact) mass is 457 g/mol. The average Bonchev–Trinajstić information content (AvgIpc) is 3.09. The number of hydrogen-bond acceptors (Lipinski definition) is 6. The van der Waals surface area contributed by atoms with Crippen molar-refractivity contribution in [2.45, 2.75) is 19.5 Å². The van der Waals surface area contributed by atoms with E-state index >= 15 is 0 Å². The van der Waals surface area contributed by atoms with Gasteiger partial charge in [-0.05, 0) is 48.9 Å². The molecule has 1 N–H and O–H groups in total. The summed E-state index contributed by atoms with van der Waals surface area (Å²) in [6.45, 7) is 2.48. The summed E-state index contributed by atoms with van der Waals surface area (Å²) in [5.74, 6) is -1.06. The third-order valence-corrected chi connectivity index (χ3v) is 5.74. The number of anilines is 1. The van der Waals surface area contributed by atoms with Gasteiger partial charge in [0, 0.05) is 31.5 Å². The Balaban J connectivity index is 1.84. The van der Waals surface area contributed by atoms with Crippen LogP contribution in [0.5, 0.6) is 5.75 Å². The third kappa shape index (κ3) is 4.50. The lowest BCUT2D eigenvalue weighted by atomic mass is 9.95. The zero-order chi connectivity index (χ0) is 24.2. The first-order valence-electron chi connectivity index (χ1n) is 11.1. The molecule has 7 heteroatoms. The van der Waals surface area contributed by atoms with Crippen molar-refractivity contribution in [2.24, 2.45) is 0 Å². The lowest BCUT2D eigenvalue weighted by molar-refractivity contribution is -0.140. The van der Waals surface area contributed by atoms with E-state index in [0.717, 1.165) is 11.3 Å². The second-order valence-electron chi connectivity index (χ2n) is 8.19. The summed E-state index contributed by atoms with van der Waals surface area (Å²) in [6.07, 6.45) is 1.64. The van der Waals surface area contributed by atoms with Crippen LogP contribution in [-0.2, 0) is 16.1 Å². The van der Waals surface area contributed by atoms with Crippen LogP contribution < -0.4 is 9.64 Å². The van der Waals surface area contributed by atoms with Gasteiger partial charge in [-0.3, -0.25) is 14.6 Å². The molecule has 0 radical (unpaired) electrons. The number of carbonyl (C=O) groups is 2. The maximum atomic E-state index is 13.2. The quantitative estimate of drug-likeness (QED) is 0.326. The molecule has 1 aliphatic heterocycles. The minimum atomic E-state index is -0.756. The number of aromatic nitrogens is 1. The van der Waals surface area contributed by atoms with Crippen LogP contribution in [0.2, 0.25) is 0 Å². The number of ether oxygens (including phenoxy) is 1. The number of Topliss-reactive ketones (excluding diaryl/α,β-unsaturated/α-hetero) is 1. The largest absolute Gasteiger partial charge is 0.507 e. The van der Waals surface area contributed by atoms with Crippen LogP contribution >= 0.6 is 0 Å². The second-order valence-corrected chi connectivity index (χ2v) is 8.19. The minimum Gasteiger partial charge on any atom is -0.507 e. The Hall–Kier alpha value is -4.13. The van der Waals surface area contributed by atoms with Crippen LogP contribution in [0.25, 0.3) is 5.76 Å². The van der Waals surface area contributed by atoms with Gasteiger partial charge < -0.3 is 19.6 Å². The van der Waals surface area contributed by atoms with Crippen LogP contribution in [-0.4, -0.2) is 47.4 Å². The van der Waals surface area contributed by atoms with E-state index in [1.807, 2.05) is 56.3 Å². The summed E-state index contributed by atoms with van der Waals surface area (Å²) in [7, 11) is 3.88. The van der Waals surface area contributed by atoms with E-state index in [1.54, 1.807) is 42.6 Å². The highest BCUT2D eigenvalue weighted by molar-refractivity contribution is 6.46. The first kappa shape index (κ1) is 23.0. The van der Waals surface area contributed by atoms with E-state index in [4.69, 9.17) is 4.74 Å². The van der Waals surface area contributed by atoms with Gasteiger partial charge in [0.1, 0.15) is 11.5 Å². The molecule has 0 spiro atoms. The molecule has 174 valence electrons. The van der Waals surface area contributed by atoms with Crippen molar-refractivity contribution in [3.8, 4) is 5.75 Å². The zero-order valence-electron chi connectivity index (χ0n) is 19.4. The molecule has 1 amide bonds. The molecular weight excluding hydrogens is 430 g/mol. The van der Waals surface area contributed by atoms with Gasteiger partial charge in [0.2, 0.25) is 0 Å². The molecule has 1 saturated heterocycles. The van der Waals surface area contributed by atoms with Crippen molar-refractivity contribution in [3.63, 3.8) is 0 Å². The van der Waals surface area contributed by atoms with E-state index in [2.05, 4.69) is 4.98 Å². The molecular formula is C27H27N3O4. The average molecular weight is 458 g/mol. The standard InChI is InChI=1S/C27H27N3O4/c1-4-34-22-10-7-8-19(16-22)25(31)23-24(18-11-13-21(14-12-18)29(2)3)30(27(33)26(23)32)17-20-9-5-6-15-28-20/h5-16,24,31H,4,17H2,1-3H3/b25-23-. The molecule has 0 bridgehead atoms. The van der Waals surface area contributed by atoms with Gasteiger partial charge >= 0.3 is 0 Å². The van der Waals surface area contributed by atoms with Crippen LogP contribution in [0.1, 0.15) is 29.8 Å². The Morgan fingerprint density at radius 1 is 1.06 bits per heavy atom. The second kappa shape index (κ2) is 9.79. The minimum absolute atomic E-state index is 0.0483. The molecule has 0 aliphatic carbocycles. The maximum Gasteiger partial charge on any atom is 0.296 e. The summed E-state index contributed by atoms with van der Waals surface area (Å²) in [5.41, 5.74) is 2.82. The fourth-order valence-electron chi connectivity index (χ4n) is 4.07. The van der Waals surface area contributed by atoms with Gasteiger partial charge in [-0.1, -0.05) is 30.3 Å². The molecule has 4 rings (SSSR count). The number of hydrogen-bond donors (Lipinski definition) is 1. The molecule has 2 heterocycles. The number of amides is 1. The molecule has 0 saturated carbocycles. The van der Waals surface area contributed by atoms with Gasteiger partial charge in [-0.15, -0.1) is 0 Å². The fraction of sp³-hybridized carbons (Fsp3) is 0.222. The van der Waals surface area contributed by atoms with Crippen LogP contribution in [0.4, 0.5) is 5.69 Å². The first-order valence-corrected chi connectivity index (χ1v) is 11.1. The number of benzene rings is 2. The topological polar surface area (TPSA) is 83.0 Å². The molecule has 7 nitrogen and oxygen atoms in total. The van der Waals surface area contributed by atoms with Crippen molar-refractivity contribution in [3.05, 3.63) is 95.3 Å². The Labute approximate surface area is 198 Å². The highest BCUT2D eigenvalue weighted by atomic mass is 16.5. The SMILES string of the molecule is CCOc1cccc(/C(O)=C2/C(=O)C(=O)N(Cc3ccccn3)C2c2ccc(N(C)C)cc2)c1. The molecule has 3 aromatic rings. The highest BCUT2D eigenvalue weighted by Gasteiger charge is 2.46. The smallest absolute Gasteiger partial charge is 0.296 e. The number of aliphatic hydroxyl groups is 1. The zero-order valence-corrected chi connectivity index (χ0v) is 19.4. The summed E-state index contributed by atoms with van der Waals surface area (Å²) >= 11 is 0. The summed E-state index contributed by atoms with van der Waals surface area (Å²) in [4.78, 5) is 34.1. The molecule has 1 atom stereocenters. The van der Waals surface area contributed by atoms with E-state index in [9.17, 15) is 14.7 Å². The molecule has 1 fully saturated rings. The molecule has 1 unspecified atom stereocenters. The van der Waals surface area contributed by atoms with Crippen molar-refractivity contribution < 1.29 is 19.4 Å². The van der Waals surface area contributed by atoms with Crippen molar-refractivity contribution >= 4 is 23.1 Å². The third-order valence-electron chi connectivity index (χ3n) is 5.74. The molecule has 1 aliphatic rings. The van der Waals surface area contributed by atoms with Crippen LogP contribution in [0.3, 0.4) is 0 Å². The number of nitrogens with zero attached hydrogens (tertiary/aromatic N) is 3. The van der Waals surface area contributed by atoms with Gasteiger partial charge in [0.05, 0.1) is 30.5 Å². The van der Waals surface area contributed by atoms with E-state index in [0.29, 0.717) is 23.6 Å². The number of ketones is 1. The number of carbonyl (C=O) groups excluding carboxylic acids is 2. The van der Waals surface area contributed by atoms with E-state index in [1.165, 1.54) is 4.90 Å². The van der Waals surface area contributed by atoms with Crippen molar-refractivity contribution in [1.82, 2.24) is 9.88 Å². The molecule has 2 aromatic carbocycles. The normalized spacial score (nSPS) is 17.1. The summed E-state index contributed by atoms with van der Waals surface area (Å²) in [5, 5.41) is 11.3. The fourth-order valence-corrected chi connectivity index (χ4v) is 4.07. The van der Waals surface area contributed by atoms with Crippen LogP contribution in [0.15, 0.2) is 78.5 Å². The van der Waals surface area contributed by atoms with E-state index < -0.39 is 17.7 Å². The van der Waals surface area contributed by atoms with Gasteiger partial charge in [0.25, 0.3) is 11.7 Å². The van der Waals surface area contributed by atoms with Gasteiger partial charge in [-0.25, -0.2) is 0 Å². The number of likely N-dealkylation sites (tertiary alicyclic amines) is 1. The molecule has 34 heavy (non-hydrogen) atoms. The first-order chi connectivity index (χ1) is 16.4. The van der Waals surface area contributed by atoms with Crippen LogP contribution in [0, 0.1) is 0 Å². The highest BCUT2D eigenvalue weighted by Crippen LogP contribution is 2.40. The number of pyridine rings is 1. The Morgan fingerprint density at radius 3 is 2.47 bits per heavy atom. The number of rotatable bonds is 7. The maximum absolute atomic E-state index is 13.2. The number of aliphatic hydroxyl groups excluding tert-OH is 1. The Kier molecular flexibility index (Phi) is 6.63. The van der Waals surface area contributed by atoms with Crippen molar-refractivity contribution in [1.29, 1.82) is 0 Å². The summed E-state index contributed by atoms with van der Waals surface area (Å²) in [6, 6.07) is 19.1. The van der Waals surface area contributed by atoms with Gasteiger partial charge in [0.15, 0.2) is 0 Å².